The van der Waals surface area contributed by atoms with E-state index in [9.17, 15) is 23.1 Å². The van der Waals surface area contributed by atoms with Crippen LogP contribution in [0.3, 0.4) is 0 Å². The van der Waals surface area contributed by atoms with Crippen LogP contribution in [0.4, 0.5) is 13.2 Å². The van der Waals surface area contributed by atoms with Gasteiger partial charge in [-0.05, 0) is 56.5 Å². The summed E-state index contributed by atoms with van der Waals surface area (Å²) >= 11 is 0. The molecular formula is C18H25F3N2O3. The summed E-state index contributed by atoms with van der Waals surface area (Å²) in [6, 6.07) is 4.46. The fourth-order valence-electron chi connectivity index (χ4n) is 2.84. The van der Waals surface area contributed by atoms with Crippen LogP contribution in [-0.2, 0) is 11.0 Å². The summed E-state index contributed by atoms with van der Waals surface area (Å²) in [5.41, 5.74) is -0.810. The molecule has 1 aliphatic heterocycles. The lowest BCUT2D eigenvalue weighted by molar-refractivity contribution is -0.137. The molecule has 8 heteroatoms. The van der Waals surface area contributed by atoms with E-state index in [1.165, 1.54) is 12.1 Å². The molecule has 2 rings (SSSR count). The van der Waals surface area contributed by atoms with E-state index in [1.807, 2.05) is 0 Å². The zero-order valence-electron chi connectivity index (χ0n) is 14.5. The fourth-order valence-corrected chi connectivity index (χ4v) is 2.84. The van der Waals surface area contributed by atoms with Gasteiger partial charge in [0.05, 0.1) is 5.56 Å². The van der Waals surface area contributed by atoms with Crippen molar-refractivity contribution in [3.63, 3.8) is 0 Å². The predicted molar refractivity (Wildman–Crippen MR) is 90.8 cm³/mol. The zero-order chi connectivity index (χ0) is 19.0. The number of rotatable bonds is 8. The first-order valence-electron chi connectivity index (χ1n) is 8.80. The number of aliphatic hydroxyl groups is 1. The van der Waals surface area contributed by atoms with Crippen molar-refractivity contribution >= 4 is 5.91 Å². The van der Waals surface area contributed by atoms with E-state index in [4.69, 9.17) is 4.74 Å². The van der Waals surface area contributed by atoms with Gasteiger partial charge < -0.3 is 20.5 Å². The van der Waals surface area contributed by atoms with Gasteiger partial charge in [0, 0.05) is 13.0 Å². The second-order valence-corrected chi connectivity index (χ2v) is 6.53. The molecule has 0 spiro atoms. The highest BCUT2D eigenvalue weighted by Crippen LogP contribution is 2.31. The lowest BCUT2D eigenvalue weighted by atomic mass is 9.93. The van der Waals surface area contributed by atoms with E-state index in [-0.39, 0.29) is 24.8 Å². The van der Waals surface area contributed by atoms with Crippen molar-refractivity contribution < 1.29 is 27.8 Å². The summed E-state index contributed by atoms with van der Waals surface area (Å²) in [6.07, 6.45) is -2.06. The molecule has 1 fully saturated rings. The van der Waals surface area contributed by atoms with E-state index in [2.05, 4.69) is 10.6 Å². The molecule has 1 aliphatic rings. The first-order chi connectivity index (χ1) is 12.3. The van der Waals surface area contributed by atoms with Crippen LogP contribution < -0.4 is 15.4 Å². The molecule has 1 heterocycles. The van der Waals surface area contributed by atoms with Crippen LogP contribution in [0, 0.1) is 5.92 Å². The summed E-state index contributed by atoms with van der Waals surface area (Å²) in [4.78, 5) is 11.8. The summed E-state index contributed by atoms with van der Waals surface area (Å²) in [5.74, 6) is 0.439. The molecule has 0 bridgehead atoms. The SMILES string of the molecule is O=C(CCC1CCNCC1)NCC(O)COc1cccc(C(F)(F)F)c1. The van der Waals surface area contributed by atoms with Gasteiger partial charge in [0.1, 0.15) is 18.5 Å². The Morgan fingerprint density at radius 2 is 2.08 bits per heavy atom. The molecule has 26 heavy (non-hydrogen) atoms. The number of hydrogen-bond donors (Lipinski definition) is 3. The highest BCUT2D eigenvalue weighted by molar-refractivity contribution is 5.75. The normalized spacial score (nSPS) is 16.9. The molecule has 0 aliphatic carbocycles. The number of alkyl halides is 3. The number of aliphatic hydroxyl groups excluding tert-OH is 1. The molecule has 1 amide bonds. The summed E-state index contributed by atoms with van der Waals surface area (Å²) in [6.45, 7) is 1.77. The molecule has 0 saturated carbocycles. The number of benzene rings is 1. The third-order valence-corrected chi connectivity index (χ3v) is 4.38. The van der Waals surface area contributed by atoms with Crippen molar-refractivity contribution in [1.29, 1.82) is 0 Å². The minimum atomic E-state index is -4.44. The van der Waals surface area contributed by atoms with Crippen LogP contribution >= 0.6 is 0 Å². The molecule has 1 aromatic carbocycles. The van der Waals surface area contributed by atoms with E-state index in [1.54, 1.807) is 0 Å². The summed E-state index contributed by atoms with van der Waals surface area (Å²) in [5, 5.41) is 15.7. The minimum Gasteiger partial charge on any atom is -0.491 e. The van der Waals surface area contributed by atoms with E-state index < -0.39 is 17.8 Å². The Balaban J connectivity index is 1.65. The predicted octanol–water partition coefficient (Wildman–Crippen LogP) is 2.34. The second-order valence-electron chi connectivity index (χ2n) is 6.53. The van der Waals surface area contributed by atoms with Crippen LogP contribution in [0.1, 0.15) is 31.2 Å². The van der Waals surface area contributed by atoms with Gasteiger partial charge in [-0.25, -0.2) is 0 Å². The molecule has 1 unspecified atom stereocenters. The van der Waals surface area contributed by atoms with Crippen LogP contribution in [-0.4, -0.2) is 43.4 Å². The van der Waals surface area contributed by atoms with E-state index in [0.717, 1.165) is 44.5 Å². The van der Waals surface area contributed by atoms with Crippen molar-refractivity contribution in [1.82, 2.24) is 10.6 Å². The second kappa shape index (κ2) is 9.78. The number of amides is 1. The molecule has 3 N–H and O–H groups in total. The van der Waals surface area contributed by atoms with Crippen molar-refractivity contribution in [2.24, 2.45) is 5.92 Å². The Hall–Kier alpha value is -1.80. The summed E-state index contributed by atoms with van der Waals surface area (Å²) < 4.78 is 43.1. The van der Waals surface area contributed by atoms with Gasteiger partial charge in [-0.15, -0.1) is 0 Å². The lowest BCUT2D eigenvalue weighted by Crippen LogP contribution is -2.35. The molecule has 146 valence electrons. The maximum absolute atomic E-state index is 12.6. The van der Waals surface area contributed by atoms with Crippen molar-refractivity contribution in [3.8, 4) is 5.75 Å². The average molecular weight is 374 g/mol. The number of carbonyl (C=O) groups excluding carboxylic acids is 1. The molecule has 0 aromatic heterocycles. The Labute approximate surface area is 150 Å². The van der Waals surface area contributed by atoms with Crippen LogP contribution in [0.5, 0.6) is 5.75 Å². The number of piperidine rings is 1. The molecule has 5 nitrogen and oxygen atoms in total. The van der Waals surface area contributed by atoms with Crippen LogP contribution in [0.15, 0.2) is 24.3 Å². The van der Waals surface area contributed by atoms with Crippen LogP contribution in [0.2, 0.25) is 0 Å². The number of nitrogens with one attached hydrogen (secondary N) is 2. The maximum Gasteiger partial charge on any atom is 0.416 e. The third-order valence-electron chi connectivity index (χ3n) is 4.38. The highest BCUT2D eigenvalue weighted by Gasteiger charge is 2.30. The maximum atomic E-state index is 12.6. The Bertz CT molecular complexity index is 575. The topological polar surface area (TPSA) is 70.6 Å². The third kappa shape index (κ3) is 7.21. The monoisotopic (exact) mass is 374 g/mol. The standard InChI is InChI=1S/C18H25F3N2O3/c19-18(20,21)14-2-1-3-16(10-14)26-12-15(24)11-23-17(25)5-4-13-6-8-22-9-7-13/h1-3,10,13,15,22,24H,4-9,11-12H2,(H,23,25). The highest BCUT2D eigenvalue weighted by atomic mass is 19.4. The number of carbonyl (C=O) groups is 1. The smallest absolute Gasteiger partial charge is 0.416 e. The van der Waals surface area contributed by atoms with Gasteiger partial charge in [-0.3, -0.25) is 4.79 Å². The number of halogens is 3. The van der Waals surface area contributed by atoms with E-state index in [0.29, 0.717) is 12.3 Å². The Morgan fingerprint density at radius 3 is 2.77 bits per heavy atom. The van der Waals surface area contributed by atoms with Crippen molar-refractivity contribution in [3.05, 3.63) is 29.8 Å². The van der Waals surface area contributed by atoms with Crippen LogP contribution in [0.25, 0.3) is 0 Å². The first kappa shape index (κ1) is 20.5. The van der Waals surface area contributed by atoms with Crippen molar-refractivity contribution in [2.75, 3.05) is 26.2 Å². The van der Waals surface area contributed by atoms with Gasteiger partial charge in [0.15, 0.2) is 0 Å². The lowest BCUT2D eigenvalue weighted by Gasteiger charge is -2.22. The quantitative estimate of drug-likeness (QED) is 0.653. The molecule has 1 aromatic rings. The van der Waals surface area contributed by atoms with Gasteiger partial charge in [-0.1, -0.05) is 6.07 Å². The molecule has 0 radical (unpaired) electrons. The van der Waals surface area contributed by atoms with Crippen molar-refractivity contribution in [2.45, 2.75) is 38.0 Å². The molecular weight excluding hydrogens is 349 g/mol. The van der Waals surface area contributed by atoms with E-state index >= 15 is 0 Å². The zero-order valence-corrected chi connectivity index (χ0v) is 14.5. The minimum absolute atomic E-state index is 0.00399. The Morgan fingerprint density at radius 1 is 1.35 bits per heavy atom. The Kier molecular flexibility index (Phi) is 7.71. The summed E-state index contributed by atoms with van der Waals surface area (Å²) in [7, 11) is 0. The molecule has 1 saturated heterocycles. The van der Waals surface area contributed by atoms with Gasteiger partial charge in [-0.2, -0.15) is 13.2 Å². The van der Waals surface area contributed by atoms with Gasteiger partial charge in [0.25, 0.3) is 0 Å². The largest absolute Gasteiger partial charge is 0.491 e. The van der Waals surface area contributed by atoms with Gasteiger partial charge in [0.2, 0.25) is 5.91 Å². The fraction of sp³-hybridized carbons (Fsp3) is 0.611. The first-order valence-corrected chi connectivity index (χ1v) is 8.80. The average Bonchev–Trinajstić information content (AvgIpc) is 2.63. The number of hydrogen-bond acceptors (Lipinski definition) is 4. The van der Waals surface area contributed by atoms with Gasteiger partial charge >= 0.3 is 6.18 Å². The number of ether oxygens (including phenoxy) is 1. The molecule has 1 atom stereocenters.